The molecule has 2 aromatic rings. The Kier molecular flexibility index (Phi) is 6.06. The van der Waals surface area contributed by atoms with E-state index in [0.29, 0.717) is 17.6 Å². The van der Waals surface area contributed by atoms with E-state index >= 15 is 0 Å². The van der Waals surface area contributed by atoms with E-state index in [4.69, 9.17) is 4.74 Å². The summed E-state index contributed by atoms with van der Waals surface area (Å²) in [4.78, 5) is 26.3. The van der Waals surface area contributed by atoms with Crippen molar-refractivity contribution >= 4 is 33.9 Å². The molecular weight excluding hydrogens is 413 g/mol. The molecule has 1 unspecified atom stereocenters. The Morgan fingerprint density at radius 2 is 1.96 bits per heavy atom. The number of hydrogen-bond acceptors (Lipinski definition) is 3. The number of benzene rings is 2. The second-order valence-electron chi connectivity index (χ2n) is 6.36. The number of carbonyl (C=O) groups excluding carboxylic acids is 2. The highest BCUT2D eigenvalue weighted by atomic mass is 79.9. The van der Waals surface area contributed by atoms with Crippen molar-refractivity contribution in [3.05, 3.63) is 75.5 Å². The Bertz CT molecular complexity index is 897. The van der Waals surface area contributed by atoms with E-state index in [0.717, 1.165) is 18.1 Å². The maximum absolute atomic E-state index is 13.7. The van der Waals surface area contributed by atoms with Crippen molar-refractivity contribution in [3.8, 4) is 0 Å². The largest absolute Gasteiger partial charge is 0.449 e. The van der Waals surface area contributed by atoms with Gasteiger partial charge >= 0.3 is 5.97 Å². The van der Waals surface area contributed by atoms with Crippen molar-refractivity contribution in [2.45, 2.75) is 26.0 Å². The summed E-state index contributed by atoms with van der Waals surface area (Å²) in [5.41, 5.74) is 2.61. The fourth-order valence-corrected chi connectivity index (χ4v) is 3.38. The SMILES string of the molecule is CC(OC(=O)/C=C/c1cc(Br)ccc1F)C(=O)N1CCc2ccccc2C1. The van der Waals surface area contributed by atoms with Gasteiger partial charge in [0.15, 0.2) is 6.10 Å². The highest BCUT2D eigenvalue weighted by Crippen LogP contribution is 2.20. The van der Waals surface area contributed by atoms with Crippen molar-refractivity contribution in [1.82, 2.24) is 4.90 Å². The van der Waals surface area contributed by atoms with Crippen LogP contribution in [0.25, 0.3) is 6.08 Å². The van der Waals surface area contributed by atoms with Crippen LogP contribution in [0.1, 0.15) is 23.6 Å². The summed E-state index contributed by atoms with van der Waals surface area (Å²) in [5.74, 6) is -1.37. The lowest BCUT2D eigenvalue weighted by Gasteiger charge is -2.30. The van der Waals surface area contributed by atoms with E-state index in [9.17, 15) is 14.0 Å². The number of ether oxygens (including phenoxy) is 1. The predicted molar refractivity (Wildman–Crippen MR) is 104 cm³/mol. The molecule has 140 valence electrons. The molecule has 0 saturated carbocycles. The summed E-state index contributed by atoms with van der Waals surface area (Å²) >= 11 is 3.25. The lowest BCUT2D eigenvalue weighted by atomic mass is 9.99. The van der Waals surface area contributed by atoms with Gasteiger partial charge in [-0.25, -0.2) is 9.18 Å². The van der Waals surface area contributed by atoms with Gasteiger partial charge in [0.05, 0.1) is 0 Å². The van der Waals surface area contributed by atoms with E-state index in [1.165, 1.54) is 17.7 Å². The highest BCUT2D eigenvalue weighted by molar-refractivity contribution is 9.10. The number of amides is 1. The zero-order valence-electron chi connectivity index (χ0n) is 14.8. The zero-order valence-corrected chi connectivity index (χ0v) is 16.4. The number of fused-ring (bicyclic) bond motifs is 1. The minimum atomic E-state index is -0.903. The van der Waals surface area contributed by atoms with Crippen LogP contribution in [-0.2, 0) is 27.3 Å². The van der Waals surface area contributed by atoms with E-state index in [2.05, 4.69) is 22.0 Å². The number of rotatable bonds is 4. The molecule has 1 atom stereocenters. The molecule has 0 aliphatic carbocycles. The van der Waals surface area contributed by atoms with Gasteiger partial charge in [-0.2, -0.15) is 0 Å². The van der Waals surface area contributed by atoms with Gasteiger partial charge in [0, 0.05) is 29.2 Å². The average molecular weight is 432 g/mol. The standard InChI is InChI=1S/C21H19BrFNO3/c1-14(21(26)24-11-10-15-4-2-3-5-17(15)13-24)27-20(25)9-6-16-12-18(22)7-8-19(16)23/h2-9,12,14H,10-11,13H2,1H3/b9-6+. The molecule has 0 spiro atoms. The third kappa shape index (κ3) is 4.83. The second kappa shape index (κ2) is 8.48. The van der Waals surface area contributed by atoms with Crippen molar-refractivity contribution in [3.63, 3.8) is 0 Å². The average Bonchev–Trinajstić information content (AvgIpc) is 2.67. The molecular formula is C21H19BrFNO3. The number of nitrogens with zero attached hydrogens (tertiary/aromatic N) is 1. The Balaban J connectivity index is 1.59. The highest BCUT2D eigenvalue weighted by Gasteiger charge is 2.26. The van der Waals surface area contributed by atoms with Gasteiger partial charge in [-0.3, -0.25) is 4.79 Å². The van der Waals surface area contributed by atoms with Crippen LogP contribution >= 0.6 is 15.9 Å². The first kappa shape index (κ1) is 19.3. The summed E-state index contributed by atoms with van der Waals surface area (Å²) in [6.07, 6.45) is 2.33. The third-order valence-corrected chi connectivity index (χ3v) is 4.93. The van der Waals surface area contributed by atoms with Gasteiger partial charge in [-0.1, -0.05) is 40.2 Å². The third-order valence-electron chi connectivity index (χ3n) is 4.44. The van der Waals surface area contributed by atoms with Crippen LogP contribution in [0.4, 0.5) is 4.39 Å². The Morgan fingerprint density at radius 1 is 1.22 bits per heavy atom. The molecule has 0 radical (unpaired) electrons. The minimum absolute atomic E-state index is 0.236. The quantitative estimate of drug-likeness (QED) is 0.540. The number of carbonyl (C=O) groups is 2. The predicted octanol–water partition coefficient (Wildman–Crippen LogP) is 4.12. The van der Waals surface area contributed by atoms with Gasteiger partial charge in [0.2, 0.25) is 0 Å². The summed E-state index contributed by atoms with van der Waals surface area (Å²) in [7, 11) is 0. The molecule has 6 heteroatoms. The van der Waals surface area contributed by atoms with E-state index < -0.39 is 17.9 Å². The Morgan fingerprint density at radius 3 is 2.74 bits per heavy atom. The lowest BCUT2D eigenvalue weighted by molar-refractivity contribution is -0.155. The molecule has 2 aromatic carbocycles. The van der Waals surface area contributed by atoms with Crippen molar-refractivity contribution < 1.29 is 18.7 Å². The first-order valence-electron chi connectivity index (χ1n) is 8.63. The molecule has 3 rings (SSSR count). The van der Waals surface area contributed by atoms with Crippen LogP contribution in [0.5, 0.6) is 0 Å². The van der Waals surface area contributed by atoms with E-state index in [-0.39, 0.29) is 11.5 Å². The minimum Gasteiger partial charge on any atom is -0.449 e. The molecule has 0 N–H and O–H groups in total. The van der Waals surface area contributed by atoms with E-state index in [1.807, 2.05) is 18.2 Å². The lowest BCUT2D eigenvalue weighted by Crippen LogP contribution is -2.42. The number of esters is 1. The molecule has 1 heterocycles. The van der Waals surface area contributed by atoms with Gasteiger partial charge in [0.25, 0.3) is 5.91 Å². The zero-order chi connectivity index (χ0) is 19.4. The second-order valence-corrected chi connectivity index (χ2v) is 7.27. The van der Waals surface area contributed by atoms with Crippen LogP contribution in [-0.4, -0.2) is 29.4 Å². The van der Waals surface area contributed by atoms with Crippen LogP contribution in [0, 0.1) is 5.82 Å². The maximum atomic E-state index is 13.7. The number of hydrogen-bond donors (Lipinski definition) is 0. The molecule has 1 aliphatic heterocycles. The van der Waals surface area contributed by atoms with Crippen molar-refractivity contribution in [2.75, 3.05) is 6.54 Å². The van der Waals surface area contributed by atoms with E-state index in [1.54, 1.807) is 24.0 Å². The summed E-state index contributed by atoms with van der Waals surface area (Å²) in [6, 6.07) is 12.4. The molecule has 4 nitrogen and oxygen atoms in total. The van der Waals surface area contributed by atoms with Gasteiger partial charge < -0.3 is 9.64 Å². The molecule has 0 saturated heterocycles. The fraction of sp³-hybridized carbons (Fsp3) is 0.238. The van der Waals surface area contributed by atoms with Crippen LogP contribution in [0.3, 0.4) is 0 Å². The normalized spacial score (nSPS) is 14.7. The van der Waals surface area contributed by atoms with Crippen molar-refractivity contribution in [2.24, 2.45) is 0 Å². The fourth-order valence-electron chi connectivity index (χ4n) is 3.01. The van der Waals surface area contributed by atoms with Crippen molar-refractivity contribution in [1.29, 1.82) is 0 Å². The smallest absolute Gasteiger partial charge is 0.331 e. The monoisotopic (exact) mass is 431 g/mol. The van der Waals surface area contributed by atoms with Gasteiger partial charge in [-0.15, -0.1) is 0 Å². The summed E-state index contributed by atoms with van der Waals surface area (Å²) in [5, 5.41) is 0. The molecule has 1 aliphatic rings. The molecule has 27 heavy (non-hydrogen) atoms. The molecule has 1 amide bonds. The summed E-state index contributed by atoms with van der Waals surface area (Å²) in [6.45, 7) is 2.65. The maximum Gasteiger partial charge on any atom is 0.331 e. The molecule has 0 aromatic heterocycles. The van der Waals surface area contributed by atoms with Crippen LogP contribution < -0.4 is 0 Å². The first-order valence-corrected chi connectivity index (χ1v) is 9.42. The first-order chi connectivity index (χ1) is 12.9. The van der Waals surface area contributed by atoms with Gasteiger partial charge in [0.1, 0.15) is 5.82 Å². The Hall–Kier alpha value is -2.47. The van der Waals surface area contributed by atoms with Crippen LogP contribution in [0.2, 0.25) is 0 Å². The topological polar surface area (TPSA) is 46.6 Å². The molecule has 0 bridgehead atoms. The molecule has 0 fully saturated rings. The Labute approximate surface area is 165 Å². The summed E-state index contributed by atoms with van der Waals surface area (Å²) < 4.78 is 19.6. The van der Waals surface area contributed by atoms with Gasteiger partial charge in [-0.05, 0) is 48.7 Å². The van der Waals surface area contributed by atoms with Crippen LogP contribution in [0.15, 0.2) is 53.0 Å². The number of halogens is 2.